The van der Waals surface area contributed by atoms with Crippen LogP contribution in [0.25, 0.3) is 0 Å². The van der Waals surface area contributed by atoms with Gasteiger partial charge in [-0.15, -0.1) is 11.3 Å². The number of nitrogen functional groups attached to an aromatic ring is 1. The Bertz CT molecular complexity index is 677. The third-order valence-corrected chi connectivity index (χ3v) is 4.98. The normalized spacial score (nSPS) is 11.7. The van der Waals surface area contributed by atoms with Crippen LogP contribution >= 0.6 is 11.3 Å². The monoisotopic (exact) mass is 318 g/mol. The fourth-order valence-corrected chi connectivity index (χ4v) is 3.53. The van der Waals surface area contributed by atoms with Gasteiger partial charge in [0, 0.05) is 17.1 Å². The first kappa shape index (κ1) is 14.9. The summed E-state index contributed by atoms with van der Waals surface area (Å²) in [6, 6.07) is 5.24. The van der Waals surface area contributed by atoms with E-state index in [1.165, 1.54) is 11.3 Å². The molecular weight excluding hydrogens is 306 g/mol. The number of nitrogens with one attached hydrogen (secondary N) is 1. The Kier molecular flexibility index (Phi) is 4.36. The van der Waals surface area contributed by atoms with E-state index in [-0.39, 0.29) is 12.2 Å². The SMILES string of the molecule is Nc1cc(F)c(S(=O)(=O)NCCc2cccs2)c(F)c1. The van der Waals surface area contributed by atoms with Gasteiger partial charge < -0.3 is 5.73 Å². The molecule has 1 aromatic heterocycles. The lowest BCUT2D eigenvalue weighted by atomic mass is 10.3. The molecule has 4 nitrogen and oxygen atoms in total. The maximum atomic E-state index is 13.6. The number of nitrogens with two attached hydrogens (primary N) is 1. The molecule has 0 aliphatic rings. The third kappa shape index (κ3) is 3.33. The first-order valence-corrected chi connectivity index (χ1v) is 8.03. The van der Waals surface area contributed by atoms with Crippen LogP contribution in [0.1, 0.15) is 4.88 Å². The van der Waals surface area contributed by atoms with E-state index in [4.69, 9.17) is 5.73 Å². The van der Waals surface area contributed by atoms with Crippen LogP contribution in [0.3, 0.4) is 0 Å². The first-order chi connectivity index (χ1) is 9.40. The van der Waals surface area contributed by atoms with E-state index in [0.29, 0.717) is 6.42 Å². The van der Waals surface area contributed by atoms with E-state index in [1.54, 1.807) is 0 Å². The van der Waals surface area contributed by atoms with Crippen molar-refractivity contribution >= 4 is 27.0 Å². The summed E-state index contributed by atoms with van der Waals surface area (Å²) in [5.74, 6) is -2.41. The van der Waals surface area contributed by atoms with Gasteiger partial charge in [-0.3, -0.25) is 0 Å². The third-order valence-electron chi connectivity index (χ3n) is 2.53. The van der Waals surface area contributed by atoms with Crippen LogP contribution in [0.4, 0.5) is 14.5 Å². The van der Waals surface area contributed by atoms with Crippen molar-refractivity contribution < 1.29 is 17.2 Å². The summed E-state index contributed by atoms with van der Waals surface area (Å²) in [4.78, 5) is -0.0242. The predicted molar refractivity (Wildman–Crippen MR) is 74.0 cm³/mol. The number of thiophene rings is 1. The van der Waals surface area contributed by atoms with Crippen LogP contribution in [-0.2, 0) is 16.4 Å². The molecule has 3 N–H and O–H groups in total. The van der Waals surface area contributed by atoms with Crippen LogP contribution in [0.5, 0.6) is 0 Å². The highest BCUT2D eigenvalue weighted by Crippen LogP contribution is 2.21. The second kappa shape index (κ2) is 5.86. The highest BCUT2D eigenvalue weighted by Gasteiger charge is 2.24. The van der Waals surface area contributed by atoms with E-state index in [0.717, 1.165) is 17.0 Å². The topological polar surface area (TPSA) is 72.2 Å². The van der Waals surface area contributed by atoms with E-state index in [2.05, 4.69) is 4.72 Å². The maximum absolute atomic E-state index is 13.6. The molecule has 8 heteroatoms. The number of halogens is 2. The summed E-state index contributed by atoms with van der Waals surface area (Å²) in [5.41, 5.74) is 5.07. The van der Waals surface area contributed by atoms with Crippen molar-refractivity contribution in [2.75, 3.05) is 12.3 Å². The molecule has 20 heavy (non-hydrogen) atoms. The van der Waals surface area contributed by atoms with Crippen LogP contribution < -0.4 is 10.5 Å². The Labute approximate surface area is 119 Å². The minimum absolute atomic E-state index is 0.0616. The fourth-order valence-electron chi connectivity index (χ4n) is 1.67. The quantitative estimate of drug-likeness (QED) is 0.830. The molecule has 0 amide bonds. The molecule has 0 atom stereocenters. The standard InChI is InChI=1S/C12H12F2N2O2S2/c13-10-6-8(15)7-11(14)12(10)20(17,18)16-4-3-9-2-1-5-19-9/h1-2,5-7,16H,3-4,15H2. The van der Waals surface area contributed by atoms with Crippen molar-refractivity contribution in [2.24, 2.45) is 0 Å². The molecule has 108 valence electrons. The Morgan fingerprint density at radius 1 is 1.25 bits per heavy atom. The maximum Gasteiger partial charge on any atom is 0.246 e. The van der Waals surface area contributed by atoms with Gasteiger partial charge in [-0.25, -0.2) is 21.9 Å². The molecule has 0 spiro atoms. The summed E-state index contributed by atoms with van der Waals surface area (Å²) in [6.45, 7) is 0.0616. The zero-order valence-corrected chi connectivity index (χ0v) is 11.9. The van der Waals surface area contributed by atoms with Crippen molar-refractivity contribution in [3.8, 4) is 0 Å². The predicted octanol–water partition coefficient (Wildman–Crippen LogP) is 2.13. The zero-order valence-electron chi connectivity index (χ0n) is 10.3. The molecule has 2 aromatic rings. The van der Waals surface area contributed by atoms with Gasteiger partial charge in [-0.05, 0) is 30.0 Å². The fraction of sp³-hybridized carbons (Fsp3) is 0.167. The Balaban J connectivity index is 2.14. The smallest absolute Gasteiger partial charge is 0.246 e. The molecule has 0 aliphatic carbocycles. The van der Waals surface area contributed by atoms with Gasteiger partial charge in [0.25, 0.3) is 0 Å². The molecule has 2 rings (SSSR count). The van der Waals surface area contributed by atoms with Gasteiger partial charge in [0.2, 0.25) is 10.0 Å². The largest absolute Gasteiger partial charge is 0.399 e. The number of anilines is 1. The molecule has 1 aromatic carbocycles. The first-order valence-electron chi connectivity index (χ1n) is 5.67. The van der Waals surface area contributed by atoms with E-state index in [9.17, 15) is 17.2 Å². The summed E-state index contributed by atoms with van der Waals surface area (Å²) >= 11 is 1.48. The minimum Gasteiger partial charge on any atom is -0.399 e. The van der Waals surface area contributed by atoms with Gasteiger partial charge in [-0.1, -0.05) is 6.07 Å². The van der Waals surface area contributed by atoms with Gasteiger partial charge in [0.15, 0.2) is 4.90 Å². The van der Waals surface area contributed by atoms with E-state index >= 15 is 0 Å². The summed E-state index contributed by atoms with van der Waals surface area (Å²) < 4.78 is 53.1. The average molecular weight is 318 g/mol. The lowest BCUT2D eigenvalue weighted by molar-refractivity contribution is 0.515. The number of hydrogen-bond donors (Lipinski definition) is 2. The Hall–Kier alpha value is -1.51. The van der Waals surface area contributed by atoms with Gasteiger partial charge in [0.05, 0.1) is 0 Å². The van der Waals surface area contributed by atoms with E-state index in [1.807, 2.05) is 17.5 Å². The van der Waals surface area contributed by atoms with E-state index < -0.39 is 26.6 Å². The highest BCUT2D eigenvalue weighted by molar-refractivity contribution is 7.89. The Morgan fingerprint density at radius 3 is 2.45 bits per heavy atom. The lowest BCUT2D eigenvalue weighted by Crippen LogP contribution is -2.27. The van der Waals surface area contributed by atoms with Crippen LogP contribution in [0.15, 0.2) is 34.5 Å². The summed E-state index contributed by atoms with van der Waals surface area (Å²) in [5, 5.41) is 1.86. The molecule has 0 bridgehead atoms. The minimum atomic E-state index is -4.24. The second-order valence-corrected chi connectivity index (χ2v) is 6.78. The number of benzene rings is 1. The van der Waals surface area contributed by atoms with Gasteiger partial charge in [0.1, 0.15) is 11.6 Å². The molecule has 0 radical (unpaired) electrons. The summed E-state index contributed by atoms with van der Waals surface area (Å²) in [6.07, 6.45) is 0.453. The Morgan fingerprint density at radius 2 is 1.90 bits per heavy atom. The van der Waals surface area contributed by atoms with Crippen LogP contribution in [-0.4, -0.2) is 15.0 Å². The molecule has 0 aliphatic heterocycles. The number of sulfonamides is 1. The summed E-state index contributed by atoms with van der Waals surface area (Å²) in [7, 11) is -4.24. The van der Waals surface area contributed by atoms with Gasteiger partial charge >= 0.3 is 0 Å². The number of rotatable bonds is 5. The molecular formula is C12H12F2N2O2S2. The van der Waals surface area contributed by atoms with Crippen molar-refractivity contribution in [3.63, 3.8) is 0 Å². The average Bonchev–Trinajstić information content (AvgIpc) is 2.79. The highest BCUT2D eigenvalue weighted by atomic mass is 32.2. The molecule has 0 fully saturated rings. The van der Waals surface area contributed by atoms with Crippen molar-refractivity contribution in [1.29, 1.82) is 0 Å². The van der Waals surface area contributed by atoms with Crippen LogP contribution in [0, 0.1) is 11.6 Å². The van der Waals surface area contributed by atoms with Crippen molar-refractivity contribution in [2.45, 2.75) is 11.3 Å². The molecule has 0 unspecified atom stereocenters. The second-order valence-electron chi connectivity index (χ2n) is 4.04. The van der Waals surface area contributed by atoms with Crippen molar-refractivity contribution in [3.05, 3.63) is 46.2 Å². The zero-order chi connectivity index (χ0) is 14.8. The molecule has 0 saturated carbocycles. The lowest BCUT2D eigenvalue weighted by Gasteiger charge is -2.09. The molecule has 1 heterocycles. The van der Waals surface area contributed by atoms with Gasteiger partial charge in [-0.2, -0.15) is 0 Å². The van der Waals surface area contributed by atoms with Crippen LogP contribution in [0.2, 0.25) is 0 Å². The van der Waals surface area contributed by atoms with Crippen molar-refractivity contribution in [1.82, 2.24) is 4.72 Å². The molecule has 0 saturated heterocycles. The number of hydrogen-bond acceptors (Lipinski definition) is 4.